The van der Waals surface area contributed by atoms with Gasteiger partial charge in [0, 0.05) is 17.5 Å². The van der Waals surface area contributed by atoms with E-state index in [4.69, 9.17) is 4.74 Å². The van der Waals surface area contributed by atoms with Crippen LogP contribution < -0.4 is 5.32 Å². The summed E-state index contributed by atoms with van der Waals surface area (Å²) in [5, 5.41) is 3.35. The third-order valence-electron chi connectivity index (χ3n) is 3.00. The summed E-state index contributed by atoms with van der Waals surface area (Å²) in [4.78, 5) is 11.8. The van der Waals surface area contributed by atoms with E-state index >= 15 is 0 Å². The molecule has 2 fully saturated rings. The Morgan fingerprint density at radius 3 is 2.75 bits per heavy atom. The summed E-state index contributed by atoms with van der Waals surface area (Å²) in [6, 6.07) is 0.294. The van der Waals surface area contributed by atoms with Crippen molar-refractivity contribution < 1.29 is 9.53 Å². The molecule has 2 aliphatic heterocycles. The molecule has 0 radical (unpaired) electrons. The lowest BCUT2D eigenvalue weighted by molar-refractivity contribution is -0.146. The van der Waals surface area contributed by atoms with Gasteiger partial charge in [-0.1, -0.05) is 0 Å². The lowest BCUT2D eigenvalue weighted by atomic mass is 9.98. The Hall–Kier alpha value is 0.130. The molecule has 0 aliphatic carbocycles. The highest BCUT2D eigenvalue weighted by Crippen LogP contribution is 2.51. The second kappa shape index (κ2) is 5.19. The summed E-state index contributed by atoms with van der Waals surface area (Å²) in [7, 11) is 0. The molecule has 2 rings (SSSR count). The number of carbonyl (C=O) groups is 1. The quantitative estimate of drug-likeness (QED) is 0.768. The maximum atomic E-state index is 11.8. The van der Waals surface area contributed by atoms with E-state index in [2.05, 4.69) is 12.2 Å². The fraction of sp³-hybridized carbons (Fsp3) is 0.909. The topological polar surface area (TPSA) is 38.3 Å². The van der Waals surface area contributed by atoms with Crippen LogP contribution in [0.1, 0.15) is 26.7 Å². The first-order valence-corrected chi connectivity index (χ1v) is 7.83. The molecule has 0 saturated carbocycles. The van der Waals surface area contributed by atoms with Crippen molar-refractivity contribution in [3.05, 3.63) is 0 Å². The number of esters is 1. The summed E-state index contributed by atoms with van der Waals surface area (Å²) >= 11 is 4.05. The molecule has 2 aliphatic rings. The minimum Gasteiger partial charge on any atom is -0.465 e. The number of nitrogens with one attached hydrogen (secondary N) is 1. The van der Waals surface area contributed by atoms with Crippen LogP contribution in [0.15, 0.2) is 0 Å². The molecule has 92 valence electrons. The molecule has 3 nitrogen and oxygen atoms in total. The number of piperidine rings is 1. The van der Waals surface area contributed by atoms with Gasteiger partial charge in [0.15, 0.2) is 0 Å². The molecule has 1 spiro atoms. The van der Waals surface area contributed by atoms with Crippen LogP contribution in [0.4, 0.5) is 0 Å². The summed E-state index contributed by atoms with van der Waals surface area (Å²) in [5.74, 6) is 2.35. The van der Waals surface area contributed by atoms with Crippen LogP contribution in [0, 0.1) is 0 Å². The molecule has 0 aromatic carbocycles. The van der Waals surface area contributed by atoms with Crippen molar-refractivity contribution >= 4 is 29.5 Å². The van der Waals surface area contributed by atoms with Gasteiger partial charge in [0.1, 0.15) is 6.04 Å². The van der Waals surface area contributed by atoms with Gasteiger partial charge in [-0.3, -0.25) is 4.79 Å². The number of ether oxygens (including phenoxy) is 1. The molecule has 1 N–H and O–H groups in total. The third kappa shape index (κ3) is 2.68. The van der Waals surface area contributed by atoms with E-state index in [-0.39, 0.29) is 16.1 Å². The summed E-state index contributed by atoms with van der Waals surface area (Å²) in [6.07, 6.45) is 2.06. The van der Waals surface area contributed by atoms with E-state index in [0.29, 0.717) is 12.6 Å². The molecule has 0 bridgehead atoms. The number of rotatable bonds is 2. The SMILES string of the molecule is CCOC(=O)[C@H]1CC2(C[C@@H](C)N1)SCCS2. The van der Waals surface area contributed by atoms with Crippen molar-refractivity contribution in [2.75, 3.05) is 18.1 Å². The van der Waals surface area contributed by atoms with Gasteiger partial charge in [-0.25, -0.2) is 0 Å². The van der Waals surface area contributed by atoms with Gasteiger partial charge in [-0.2, -0.15) is 0 Å². The maximum absolute atomic E-state index is 11.8. The molecular weight excluding hydrogens is 242 g/mol. The average Bonchev–Trinajstić information content (AvgIpc) is 2.65. The first-order valence-electron chi connectivity index (χ1n) is 5.86. The van der Waals surface area contributed by atoms with Crippen LogP contribution in [0.5, 0.6) is 0 Å². The van der Waals surface area contributed by atoms with Crippen LogP contribution in [-0.4, -0.2) is 40.2 Å². The normalized spacial score (nSPS) is 32.9. The van der Waals surface area contributed by atoms with Gasteiger partial charge in [0.25, 0.3) is 0 Å². The zero-order chi connectivity index (χ0) is 11.6. The second-order valence-electron chi connectivity index (χ2n) is 4.39. The van der Waals surface area contributed by atoms with Gasteiger partial charge < -0.3 is 10.1 Å². The fourth-order valence-electron chi connectivity index (χ4n) is 2.45. The van der Waals surface area contributed by atoms with Crippen LogP contribution in [-0.2, 0) is 9.53 Å². The molecule has 16 heavy (non-hydrogen) atoms. The van der Waals surface area contributed by atoms with Gasteiger partial charge in [0.05, 0.1) is 10.7 Å². The fourth-order valence-corrected chi connectivity index (χ4v) is 6.00. The van der Waals surface area contributed by atoms with Crippen molar-refractivity contribution in [1.82, 2.24) is 5.32 Å². The highest BCUT2D eigenvalue weighted by molar-refractivity contribution is 8.21. The molecule has 5 heteroatoms. The summed E-state index contributed by atoms with van der Waals surface area (Å²) in [5.41, 5.74) is 0. The largest absolute Gasteiger partial charge is 0.465 e. The Labute approximate surface area is 105 Å². The van der Waals surface area contributed by atoms with E-state index in [0.717, 1.165) is 12.8 Å². The zero-order valence-electron chi connectivity index (χ0n) is 9.82. The van der Waals surface area contributed by atoms with Gasteiger partial charge >= 0.3 is 5.97 Å². The van der Waals surface area contributed by atoms with Crippen LogP contribution in [0.2, 0.25) is 0 Å². The van der Waals surface area contributed by atoms with E-state index in [1.807, 2.05) is 30.4 Å². The van der Waals surface area contributed by atoms with Gasteiger partial charge in [-0.05, 0) is 26.7 Å². The van der Waals surface area contributed by atoms with Crippen molar-refractivity contribution in [1.29, 1.82) is 0 Å². The summed E-state index contributed by atoms with van der Waals surface area (Å²) < 4.78 is 5.38. The minimum atomic E-state index is -0.109. The van der Waals surface area contributed by atoms with E-state index in [9.17, 15) is 4.79 Å². The highest BCUT2D eigenvalue weighted by atomic mass is 32.2. The zero-order valence-corrected chi connectivity index (χ0v) is 11.5. The minimum absolute atomic E-state index is 0.0819. The molecule has 0 aromatic rings. The monoisotopic (exact) mass is 261 g/mol. The van der Waals surface area contributed by atoms with Crippen molar-refractivity contribution in [2.24, 2.45) is 0 Å². The number of hydrogen-bond donors (Lipinski definition) is 1. The van der Waals surface area contributed by atoms with Gasteiger partial charge in [-0.15, -0.1) is 23.5 Å². The second-order valence-corrected chi connectivity index (χ2v) is 7.60. The molecule has 0 unspecified atom stereocenters. The Balaban J connectivity index is 2.02. The number of carbonyl (C=O) groups excluding carboxylic acids is 1. The van der Waals surface area contributed by atoms with E-state index < -0.39 is 0 Å². The van der Waals surface area contributed by atoms with Gasteiger partial charge in [0.2, 0.25) is 0 Å². The highest BCUT2D eigenvalue weighted by Gasteiger charge is 2.44. The first-order chi connectivity index (χ1) is 7.65. The Bertz CT molecular complexity index is 267. The first kappa shape index (κ1) is 12.6. The molecule has 2 saturated heterocycles. The molecule has 0 amide bonds. The van der Waals surface area contributed by atoms with Crippen LogP contribution >= 0.6 is 23.5 Å². The third-order valence-corrected chi connectivity index (χ3v) is 6.50. The van der Waals surface area contributed by atoms with Crippen molar-refractivity contribution in [3.8, 4) is 0 Å². The standard InChI is InChI=1S/C11H19NO2S2/c1-3-14-10(13)9-7-11(6-8(2)12-9)15-4-5-16-11/h8-9,12H,3-7H2,1-2H3/t8-,9-/m1/s1. The van der Waals surface area contributed by atoms with Crippen LogP contribution in [0.25, 0.3) is 0 Å². The molecular formula is C11H19NO2S2. The smallest absolute Gasteiger partial charge is 0.323 e. The Morgan fingerprint density at radius 1 is 1.44 bits per heavy atom. The van der Waals surface area contributed by atoms with E-state index in [1.54, 1.807) is 0 Å². The summed E-state index contributed by atoms with van der Waals surface area (Å²) in [6.45, 7) is 4.49. The average molecular weight is 261 g/mol. The van der Waals surface area contributed by atoms with Crippen molar-refractivity contribution in [2.45, 2.75) is 42.9 Å². The lowest BCUT2D eigenvalue weighted by Crippen LogP contribution is -2.53. The Morgan fingerprint density at radius 2 is 2.12 bits per heavy atom. The predicted molar refractivity (Wildman–Crippen MR) is 69.9 cm³/mol. The molecule has 0 aromatic heterocycles. The predicted octanol–water partition coefficient (Wildman–Crippen LogP) is 1.87. The van der Waals surface area contributed by atoms with Crippen LogP contribution in [0.3, 0.4) is 0 Å². The number of thioether (sulfide) groups is 2. The van der Waals surface area contributed by atoms with Crippen molar-refractivity contribution in [3.63, 3.8) is 0 Å². The molecule has 2 heterocycles. The lowest BCUT2D eigenvalue weighted by Gasteiger charge is -2.39. The Kier molecular flexibility index (Phi) is 4.08. The molecule has 2 atom stereocenters. The van der Waals surface area contributed by atoms with E-state index in [1.165, 1.54) is 11.5 Å². The number of hydrogen-bond acceptors (Lipinski definition) is 5. The maximum Gasteiger partial charge on any atom is 0.323 e.